The number of aromatic amines is 1. The molecule has 1 aliphatic rings. The summed E-state index contributed by atoms with van der Waals surface area (Å²) >= 11 is 5.15. The van der Waals surface area contributed by atoms with Gasteiger partial charge in [-0.2, -0.15) is 0 Å². The fraction of sp³-hybridized carbons (Fsp3) is 0.714. The molecule has 0 amide bonds. The van der Waals surface area contributed by atoms with Gasteiger partial charge in [-0.15, -0.1) is 0 Å². The van der Waals surface area contributed by atoms with Crippen LogP contribution in [0.15, 0.2) is 6.07 Å². The van der Waals surface area contributed by atoms with Gasteiger partial charge < -0.3 is 15.2 Å². The van der Waals surface area contributed by atoms with Crippen LogP contribution in [0, 0.1) is 4.64 Å². The van der Waals surface area contributed by atoms with E-state index < -0.39 is 0 Å². The third kappa shape index (κ3) is 4.91. The Morgan fingerprint density at radius 2 is 2.16 bits per heavy atom. The molecule has 1 aliphatic heterocycles. The third-order valence-corrected chi connectivity index (χ3v) is 3.75. The van der Waals surface area contributed by atoms with Crippen molar-refractivity contribution in [2.45, 2.75) is 39.0 Å². The fourth-order valence-corrected chi connectivity index (χ4v) is 2.69. The van der Waals surface area contributed by atoms with Gasteiger partial charge in [-0.05, 0) is 45.3 Å². The first-order chi connectivity index (χ1) is 9.28. The number of unbranched alkanes of at least 4 members (excludes halogenated alkanes) is 1. The minimum atomic E-state index is 0.662. The van der Waals surface area contributed by atoms with Gasteiger partial charge in [-0.1, -0.05) is 19.1 Å². The van der Waals surface area contributed by atoms with E-state index in [4.69, 9.17) is 12.2 Å². The monoisotopic (exact) mass is 280 g/mol. The highest BCUT2D eigenvalue weighted by Gasteiger charge is 2.09. The number of H-pyrrole nitrogens is 1. The minimum Gasteiger partial charge on any atom is -0.372 e. The van der Waals surface area contributed by atoms with Crippen molar-refractivity contribution >= 4 is 18.0 Å². The summed E-state index contributed by atoms with van der Waals surface area (Å²) in [6.07, 6.45) is 6.10. The summed E-state index contributed by atoms with van der Waals surface area (Å²) in [5, 5.41) is 3.40. The number of anilines is 1. The van der Waals surface area contributed by atoms with Crippen LogP contribution in [0.1, 0.15) is 38.4 Å². The number of hydrogen-bond acceptors (Lipinski definition) is 4. The second kappa shape index (κ2) is 7.60. The normalized spacial score (nSPS) is 15.8. The van der Waals surface area contributed by atoms with Crippen LogP contribution in [-0.2, 0) is 6.42 Å². The molecule has 2 heterocycles. The number of likely N-dealkylation sites (tertiary alicyclic amines) is 1. The van der Waals surface area contributed by atoms with E-state index in [1.165, 1.54) is 45.3 Å². The lowest BCUT2D eigenvalue weighted by Gasteiger charge is -2.14. The number of aryl methyl sites for hydroxylation is 1. The topological polar surface area (TPSA) is 44.0 Å². The van der Waals surface area contributed by atoms with E-state index in [0.29, 0.717) is 4.64 Å². The molecule has 0 bridgehead atoms. The molecule has 0 spiro atoms. The molecule has 1 aromatic rings. The molecular weight excluding hydrogens is 256 g/mol. The highest BCUT2D eigenvalue weighted by molar-refractivity contribution is 7.71. The second-order valence-corrected chi connectivity index (χ2v) is 5.53. The highest BCUT2D eigenvalue weighted by Crippen LogP contribution is 2.09. The first-order valence-corrected chi connectivity index (χ1v) is 7.75. The molecule has 0 atom stereocenters. The van der Waals surface area contributed by atoms with Crippen LogP contribution in [0.3, 0.4) is 0 Å². The molecule has 2 N–H and O–H groups in total. The smallest absolute Gasteiger partial charge is 0.131 e. The number of nitrogens with zero attached hydrogens (tertiary/aromatic N) is 2. The standard InChI is InChI=1S/C14H24N4S/c1-2-12-16-13(11-14(19)17-12)15-7-3-4-8-18-9-5-6-10-18/h11H,2-10H2,1H3,(H2,15,16,17,19). The Morgan fingerprint density at radius 1 is 1.37 bits per heavy atom. The maximum atomic E-state index is 5.15. The lowest BCUT2D eigenvalue weighted by molar-refractivity contribution is 0.331. The maximum absolute atomic E-state index is 5.15. The quantitative estimate of drug-likeness (QED) is 0.595. The van der Waals surface area contributed by atoms with E-state index >= 15 is 0 Å². The average molecular weight is 280 g/mol. The fourth-order valence-electron chi connectivity index (χ4n) is 2.46. The summed E-state index contributed by atoms with van der Waals surface area (Å²) in [5.74, 6) is 1.95. The van der Waals surface area contributed by atoms with E-state index in [1.807, 2.05) is 6.07 Å². The van der Waals surface area contributed by atoms with Gasteiger partial charge in [-0.3, -0.25) is 0 Å². The first-order valence-electron chi connectivity index (χ1n) is 7.34. The summed E-state index contributed by atoms with van der Waals surface area (Å²) in [7, 11) is 0. The van der Waals surface area contributed by atoms with E-state index in [0.717, 1.165) is 24.6 Å². The van der Waals surface area contributed by atoms with E-state index in [-0.39, 0.29) is 0 Å². The van der Waals surface area contributed by atoms with Gasteiger partial charge in [0.2, 0.25) is 0 Å². The van der Waals surface area contributed by atoms with Crippen molar-refractivity contribution in [2.24, 2.45) is 0 Å². The molecule has 0 saturated carbocycles. The number of hydrogen-bond donors (Lipinski definition) is 2. The zero-order chi connectivity index (χ0) is 13.5. The van der Waals surface area contributed by atoms with Gasteiger partial charge in [0.05, 0.1) is 0 Å². The minimum absolute atomic E-state index is 0.662. The molecule has 0 aliphatic carbocycles. The van der Waals surface area contributed by atoms with Crippen molar-refractivity contribution in [3.8, 4) is 0 Å². The summed E-state index contributed by atoms with van der Waals surface area (Å²) in [4.78, 5) is 10.1. The van der Waals surface area contributed by atoms with E-state index in [9.17, 15) is 0 Å². The molecule has 0 unspecified atom stereocenters. The van der Waals surface area contributed by atoms with E-state index in [1.54, 1.807) is 0 Å². The lowest BCUT2D eigenvalue weighted by Crippen LogP contribution is -2.20. The van der Waals surface area contributed by atoms with Crippen LogP contribution in [0.4, 0.5) is 5.82 Å². The summed E-state index contributed by atoms with van der Waals surface area (Å²) < 4.78 is 0.662. The molecule has 2 rings (SSSR count). The Labute approximate surface area is 120 Å². The Balaban J connectivity index is 1.67. The predicted octanol–water partition coefficient (Wildman–Crippen LogP) is 2.99. The Bertz CT molecular complexity index is 437. The van der Waals surface area contributed by atoms with Gasteiger partial charge in [0.25, 0.3) is 0 Å². The molecule has 4 nitrogen and oxygen atoms in total. The van der Waals surface area contributed by atoms with Crippen LogP contribution in [0.5, 0.6) is 0 Å². The van der Waals surface area contributed by atoms with Gasteiger partial charge in [-0.25, -0.2) is 4.98 Å². The largest absolute Gasteiger partial charge is 0.372 e. The lowest BCUT2D eigenvalue weighted by atomic mass is 10.3. The number of nitrogens with one attached hydrogen (secondary N) is 2. The third-order valence-electron chi connectivity index (χ3n) is 3.54. The highest BCUT2D eigenvalue weighted by atomic mass is 32.1. The van der Waals surface area contributed by atoms with E-state index in [2.05, 4.69) is 27.1 Å². The second-order valence-electron chi connectivity index (χ2n) is 5.12. The van der Waals surface area contributed by atoms with Crippen molar-refractivity contribution in [1.82, 2.24) is 14.9 Å². The van der Waals surface area contributed by atoms with Gasteiger partial charge in [0.1, 0.15) is 16.3 Å². The van der Waals surface area contributed by atoms with Gasteiger partial charge in [0, 0.05) is 19.0 Å². The summed E-state index contributed by atoms with van der Waals surface area (Å²) in [6, 6.07) is 1.90. The Hall–Kier alpha value is -0.940. The molecule has 0 radical (unpaired) electrons. The van der Waals surface area contributed by atoms with Crippen molar-refractivity contribution in [1.29, 1.82) is 0 Å². The van der Waals surface area contributed by atoms with Crippen molar-refractivity contribution in [3.63, 3.8) is 0 Å². The van der Waals surface area contributed by atoms with Crippen LogP contribution < -0.4 is 5.32 Å². The molecule has 1 fully saturated rings. The predicted molar refractivity (Wildman–Crippen MR) is 82.2 cm³/mol. The summed E-state index contributed by atoms with van der Waals surface area (Å²) in [5.41, 5.74) is 0. The molecule has 1 saturated heterocycles. The van der Waals surface area contributed by atoms with Crippen LogP contribution in [0.2, 0.25) is 0 Å². The molecule has 19 heavy (non-hydrogen) atoms. The van der Waals surface area contributed by atoms with Gasteiger partial charge in [0.15, 0.2) is 0 Å². The number of rotatable bonds is 7. The van der Waals surface area contributed by atoms with Crippen LogP contribution in [-0.4, -0.2) is 41.0 Å². The van der Waals surface area contributed by atoms with Crippen molar-refractivity contribution in [3.05, 3.63) is 16.5 Å². The van der Waals surface area contributed by atoms with Crippen LogP contribution >= 0.6 is 12.2 Å². The molecule has 1 aromatic heterocycles. The molecule has 106 valence electrons. The SMILES string of the molecule is CCc1nc(=S)cc(NCCCCN2CCCC2)[nH]1. The zero-order valence-electron chi connectivity index (χ0n) is 11.7. The Morgan fingerprint density at radius 3 is 2.89 bits per heavy atom. The maximum Gasteiger partial charge on any atom is 0.131 e. The van der Waals surface area contributed by atoms with Crippen LogP contribution in [0.25, 0.3) is 0 Å². The van der Waals surface area contributed by atoms with Crippen molar-refractivity contribution < 1.29 is 0 Å². The van der Waals surface area contributed by atoms with Crippen molar-refractivity contribution in [2.75, 3.05) is 31.5 Å². The Kier molecular flexibility index (Phi) is 5.79. The average Bonchev–Trinajstić information content (AvgIpc) is 2.91. The first kappa shape index (κ1) is 14.5. The number of aromatic nitrogens is 2. The molecule has 0 aromatic carbocycles. The zero-order valence-corrected chi connectivity index (χ0v) is 12.6. The van der Waals surface area contributed by atoms with Gasteiger partial charge >= 0.3 is 0 Å². The summed E-state index contributed by atoms with van der Waals surface area (Å²) in [6.45, 7) is 6.91. The molecular formula is C14H24N4S. The molecule has 5 heteroatoms.